The molecule has 0 aliphatic rings. The van der Waals surface area contributed by atoms with Gasteiger partial charge in [-0.3, -0.25) is 4.98 Å². The third-order valence-corrected chi connectivity index (χ3v) is 2.89. The number of ether oxygens (including phenoxy) is 1. The van der Waals surface area contributed by atoms with Crippen LogP contribution < -0.4 is 15.4 Å². The number of benzene rings is 1. The number of amides is 2. The summed E-state index contributed by atoms with van der Waals surface area (Å²) in [5.74, 6) is 2.14. The molecule has 0 aliphatic heterocycles. The van der Waals surface area contributed by atoms with Gasteiger partial charge in [-0.1, -0.05) is 12.0 Å². The van der Waals surface area contributed by atoms with Crippen molar-refractivity contribution in [2.24, 2.45) is 0 Å². The zero-order valence-electron chi connectivity index (χ0n) is 12.4. The van der Waals surface area contributed by atoms with Crippen molar-refractivity contribution in [3.8, 4) is 18.1 Å². The topological polar surface area (TPSA) is 63.2 Å². The van der Waals surface area contributed by atoms with E-state index in [0.717, 1.165) is 5.69 Å². The molecule has 2 N–H and O–H groups in total. The Balaban J connectivity index is 1.89. The Bertz CT molecular complexity index is 699. The quantitative estimate of drug-likeness (QED) is 0.806. The number of rotatable bonds is 6. The van der Waals surface area contributed by atoms with Gasteiger partial charge in [-0.2, -0.15) is 0 Å². The number of anilines is 1. The summed E-state index contributed by atoms with van der Waals surface area (Å²) < 4.78 is 18.6. The number of hydrogen-bond acceptors (Lipinski definition) is 3. The van der Waals surface area contributed by atoms with Crippen molar-refractivity contribution < 1.29 is 13.9 Å². The Morgan fingerprint density at radius 2 is 2.22 bits per heavy atom. The number of terminal acetylenes is 1. The second-order valence-electron chi connectivity index (χ2n) is 4.59. The number of hydrogen-bond donors (Lipinski definition) is 2. The van der Waals surface area contributed by atoms with Crippen LogP contribution in [0.4, 0.5) is 14.9 Å². The zero-order chi connectivity index (χ0) is 16.5. The Morgan fingerprint density at radius 1 is 1.35 bits per heavy atom. The molecule has 0 atom stereocenters. The van der Waals surface area contributed by atoms with Gasteiger partial charge in [0.15, 0.2) is 0 Å². The lowest BCUT2D eigenvalue weighted by molar-refractivity contribution is 0.252. The molecule has 0 spiro atoms. The number of carbonyl (C=O) groups excluding carboxylic acids is 1. The summed E-state index contributed by atoms with van der Waals surface area (Å²) >= 11 is 0. The molecular formula is C17H16FN3O2. The molecule has 0 fully saturated rings. The van der Waals surface area contributed by atoms with Crippen LogP contribution in [0.1, 0.15) is 5.69 Å². The molecule has 6 heteroatoms. The molecule has 0 bridgehead atoms. The van der Waals surface area contributed by atoms with Crippen molar-refractivity contribution in [3.05, 3.63) is 54.1 Å². The van der Waals surface area contributed by atoms with Gasteiger partial charge in [-0.25, -0.2) is 9.18 Å². The lowest BCUT2D eigenvalue weighted by Gasteiger charge is -2.12. The fraction of sp³-hybridized carbons (Fsp3) is 0.176. The first-order valence-electron chi connectivity index (χ1n) is 6.99. The Labute approximate surface area is 133 Å². The maximum Gasteiger partial charge on any atom is 0.319 e. The summed E-state index contributed by atoms with van der Waals surface area (Å²) in [7, 11) is 0. The lowest BCUT2D eigenvalue weighted by Crippen LogP contribution is -2.30. The summed E-state index contributed by atoms with van der Waals surface area (Å²) in [5, 5.41) is 5.22. The van der Waals surface area contributed by atoms with Crippen molar-refractivity contribution >= 4 is 11.7 Å². The SMILES string of the molecule is C#CCOc1ccc(F)cc1NC(=O)NCCc1ccccn1. The molecule has 0 saturated carbocycles. The van der Waals surface area contributed by atoms with Gasteiger partial charge in [-0.05, 0) is 24.3 Å². The maximum absolute atomic E-state index is 13.3. The summed E-state index contributed by atoms with van der Waals surface area (Å²) in [5.41, 5.74) is 1.09. The van der Waals surface area contributed by atoms with E-state index in [1.54, 1.807) is 6.20 Å². The number of nitrogens with one attached hydrogen (secondary N) is 2. The maximum atomic E-state index is 13.3. The van der Waals surface area contributed by atoms with Crippen LogP contribution in [0.5, 0.6) is 5.75 Å². The van der Waals surface area contributed by atoms with Gasteiger partial charge in [0, 0.05) is 30.9 Å². The highest BCUT2D eigenvalue weighted by Crippen LogP contribution is 2.25. The smallest absolute Gasteiger partial charge is 0.319 e. The molecule has 118 valence electrons. The van der Waals surface area contributed by atoms with Gasteiger partial charge < -0.3 is 15.4 Å². The third-order valence-electron chi connectivity index (χ3n) is 2.89. The summed E-state index contributed by atoms with van der Waals surface area (Å²) in [6, 6.07) is 8.93. The summed E-state index contributed by atoms with van der Waals surface area (Å²) in [6.07, 6.45) is 7.41. The number of halogens is 1. The first kappa shape index (κ1) is 16.3. The van der Waals surface area contributed by atoms with E-state index in [1.165, 1.54) is 18.2 Å². The summed E-state index contributed by atoms with van der Waals surface area (Å²) in [4.78, 5) is 16.0. The van der Waals surface area contributed by atoms with Crippen LogP contribution in [0, 0.1) is 18.2 Å². The van der Waals surface area contributed by atoms with Gasteiger partial charge in [0.25, 0.3) is 0 Å². The number of pyridine rings is 1. The monoisotopic (exact) mass is 313 g/mol. The Hall–Kier alpha value is -3.07. The molecule has 1 aromatic heterocycles. The third kappa shape index (κ3) is 5.32. The minimum absolute atomic E-state index is 0.0294. The van der Waals surface area contributed by atoms with Crippen LogP contribution in [-0.2, 0) is 6.42 Å². The van der Waals surface area contributed by atoms with Gasteiger partial charge in [0.2, 0.25) is 0 Å². The van der Waals surface area contributed by atoms with Gasteiger partial charge in [0.05, 0.1) is 5.69 Å². The molecule has 0 radical (unpaired) electrons. The van der Waals surface area contributed by atoms with Crippen molar-refractivity contribution in [1.29, 1.82) is 0 Å². The molecule has 0 aliphatic carbocycles. The molecule has 23 heavy (non-hydrogen) atoms. The average Bonchev–Trinajstić information content (AvgIpc) is 2.55. The largest absolute Gasteiger partial charge is 0.479 e. The zero-order valence-corrected chi connectivity index (χ0v) is 12.4. The van der Waals surface area contributed by atoms with E-state index in [9.17, 15) is 9.18 Å². The van der Waals surface area contributed by atoms with E-state index in [1.807, 2.05) is 18.2 Å². The van der Waals surface area contributed by atoms with Crippen LogP contribution in [-0.4, -0.2) is 24.2 Å². The average molecular weight is 313 g/mol. The number of carbonyl (C=O) groups is 1. The first-order chi connectivity index (χ1) is 11.2. The molecule has 0 unspecified atom stereocenters. The van der Waals surface area contributed by atoms with E-state index in [2.05, 4.69) is 21.5 Å². The number of urea groups is 1. The van der Waals surface area contributed by atoms with Crippen LogP contribution in [0.2, 0.25) is 0 Å². The van der Waals surface area contributed by atoms with Gasteiger partial charge in [-0.15, -0.1) is 6.42 Å². The van der Waals surface area contributed by atoms with Crippen LogP contribution >= 0.6 is 0 Å². The normalized spacial score (nSPS) is 9.74. The molecule has 0 saturated heterocycles. The standard InChI is InChI=1S/C17H16FN3O2/c1-2-11-23-16-7-6-13(18)12-15(16)21-17(22)20-10-8-14-5-3-4-9-19-14/h1,3-7,9,12H,8,10-11H2,(H2,20,21,22). The second-order valence-corrected chi connectivity index (χ2v) is 4.59. The molecule has 2 amide bonds. The first-order valence-corrected chi connectivity index (χ1v) is 6.99. The highest BCUT2D eigenvalue weighted by Gasteiger charge is 2.09. The predicted octanol–water partition coefficient (Wildman–Crippen LogP) is 2.60. The van der Waals surface area contributed by atoms with E-state index >= 15 is 0 Å². The van der Waals surface area contributed by atoms with E-state index in [-0.39, 0.29) is 12.3 Å². The molecule has 1 heterocycles. The fourth-order valence-electron chi connectivity index (χ4n) is 1.86. The molecule has 2 rings (SSSR count). The van der Waals surface area contributed by atoms with E-state index in [4.69, 9.17) is 11.2 Å². The van der Waals surface area contributed by atoms with Crippen molar-refractivity contribution in [1.82, 2.24) is 10.3 Å². The van der Waals surface area contributed by atoms with Gasteiger partial charge >= 0.3 is 6.03 Å². The van der Waals surface area contributed by atoms with Crippen LogP contribution in [0.3, 0.4) is 0 Å². The Morgan fingerprint density at radius 3 is 2.96 bits per heavy atom. The minimum Gasteiger partial charge on any atom is -0.479 e. The summed E-state index contributed by atoms with van der Waals surface area (Å²) in [6.45, 7) is 0.431. The molecule has 1 aromatic carbocycles. The lowest BCUT2D eigenvalue weighted by atomic mass is 10.2. The van der Waals surface area contributed by atoms with Crippen molar-refractivity contribution in [2.75, 3.05) is 18.5 Å². The fourth-order valence-corrected chi connectivity index (χ4v) is 1.86. The number of aromatic nitrogens is 1. The van der Waals surface area contributed by atoms with Crippen LogP contribution in [0.25, 0.3) is 0 Å². The molecule has 5 nitrogen and oxygen atoms in total. The number of nitrogens with zero attached hydrogens (tertiary/aromatic N) is 1. The van der Waals surface area contributed by atoms with E-state index in [0.29, 0.717) is 18.7 Å². The highest BCUT2D eigenvalue weighted by molar-refractivity contribution is 5.90. The second kappa shape index (κ2) is 8.39. The van der Waals surface area contributed by atoms with E-state index < -0.39 is 11.8 Å². The van der Waals surface area contributed by atoms with Gasteiger partial charge in [0.1, 0.15) is 18.2 Å². The van der Waals surface area contributed by atoms with Crippen molar-refractivity contribution in [2.45, 2.75) is 6.42 Å². The van der Waals surface area contributed by atoms with Crippen LogP contribution in [0.15, 0.2) is 42.6 Å². The van der Waals surface area contributed by atoms with Crippen molar-refractivity contribution in [3.63, 3.8) is 0 Å². The minimum atomic E-state index is -0.484. The Kier molecular flexibility index (Phi) is 5.95. The highest BCUT2D eigenvalue weighted by atomic mass is 19.1. The predicted molar refractivity (Wildman–Crippen MR) is 85.7 cm³/mol. The molecule has 2 aromatic rings. The molecular weight excluding hydrogens is 297 g/mol.